The zero-order chi connectivity index (χ0) is 17.9. The molecule has 1 N–H and O–H groups in total. The van der Waals surface area contributed by atoms with Crippen molar-refractivity contribution in [2.45, 2.75) is 25.4 Å². The second-order valence-electron chi connectivity index (χ2n) is 6.81. The van der Waals surface area contributed by atoms with Crippen LogP contribution in [0.25, 0.3) is 10.9 Å². The van der Waals surface area contributed by atoms with E-state index in [1.165, 1.54) is 6.07 Å². The second-order valence-corrected chi connectivity index (χ2v) is 7.24. The van der Waals surface area contributed by atoms with Crippen LogP contribution in [0, 0.1) is 5.82 Å². The van der Waals surface area contributed by atoms with Crippen molar-refractivity contribution in [3.05, 3.63) is 71.1 Å². The lowest BCUT2D eigenvalue weighted by atomic mass is 10.0. The van der Waals surface area contributed by atoms with Crippen LogP contribution in [0.5, 0.6) is 0 Å². The van der Waals surface area contributed by atoms with E-state index in [2.05, 4.69) is 15.2 Å². The van der Waals surface area contributed by atoms with Crippen LogP contribution in [0.3, 0.4) is 0 Å². The van der Waals surface area contributed by atoms with E-state index in [9.17, 15) is 4.39 Å². The smallest absolute Gasteiger partial charge is 0.127 e. The summed E-state index contributed by atoms with van der Waals surface area (Å²) in [5.41, 5.74) is 2.77. The van der Waals surface area contributed by atoms with Gasteiger partial charge in [-0.05, 0) is 43.2 Å². The predicted molar refractivity (Wildman–Crippen MR) is 105 cm³/mol. The largest absolute Gasteiger partial charge is 0.382 e. The van der Waals surface area contributed by atoms with Crippen LogP contribution in [0.4, 0.5) is 10.1 Å². The zero-order valence-corrected chi connectivity index (χ0v) is 15.2. The maximum absolute atomic E-state index is 13.8. The Labute approximate surface area is 157 Å². The molecule has 2 heterocycles. The van der Waals surface area contributed by atoms with Gasteiger partial charge in [0.1, 0.15) is 5.82 Å². The van der Waals surface area contributed by atoms with Crippen LogP contribution in [0.2, 0.25) is 5.02 Å². The van der Waals surface area contributed by atoms with Crippen LogP contribution in [-0.2, 0) is 6.54 Å². The van der Waals surface area contributed by atoms with Gasteiger partial charge in [0.25, 0.3) is 0 Å². The van der Waals surface area contributed by atoms with Gasteiger partial charge in [0.15, 0.2) is 0 Å². The van der Waals surface area contributed by atoms with E-state index in [1.54, 1.807) is 6.07 Å². The standard InChI is InChI=1S/C21H21ClFN3/c22-16-5-6-18-20(7-10-24-21(18)13-16)25-17-8-11-26(12-9-17)14-15-3-1-2-4-19(15)23/h1-7,10,13,17H,8-9,11-12,14H2,(H,24,25). The lowest BCUT2D eigenvalue weighted by Gasteiger charge is -2.33. The highest BCUT2D eigenvalue weighted by Gasteiger charge is 2.20. The number of benzene rings is 2. The maximum atomic E-state index is 13.8. The second kappa shape index (κ2) is 7.60. The monoisotopic (exact) mass is 369 g/mol. The molecular formula is C21H21ClFN3. The van der Waals surface area contributed by atoms with E-state index in [4.69, 9.17) is 11.6 Å². The number of likely N-dealkylation sites (tertiary alicyclic amines) is 1. The van der Waals surface area contributed by atoms with Crippen LogP contribution in [0.15, 0.2) is 54.7 Å². The molecule has 1 aliphatic heterocycles. The number of hydrogen-bond donors (Lipinski definition) is 1. The Morgan fingerprint density at radius 1 is 1.12 bits per heavy atom. The van der Waals surface area contributed by atoms with E-state index in [0.29, 0.717) is 17.6 Å². The molecule has 3 aromatic rings. The highest BCUT2D eigenvalue weighted by molar-refractivity contribution is 6.31. The fraction of sp³-hybridized carbons (Fsp3) is 0.286. The quantitative estimate of drug-likeness (QED) is 0.693. The number of fused-ring (bicyclic) bond motifs is 1. The van der Waals surface area contributed by atoms with Crippen molar-refractivity contribution in [1.29, 1.82) is 0 Å². The fourth-order valence-electron chi connectivity index (χ4n) is 3.57. The Morgan fingerprint density at radius 2 is 1.92 bits per heavy atom. The summed E-state index contributed by atoms with van der Waals surface area (Å²) in [7, 11) is 0. The normalized spacial score (nSPS) is 16.1. The molecule has 0 saturated carbocycles. The number of nitrogens with zero attached hydrogens (tertiary/aromatic N) is 2. The van der Waals surface area contributed by atoms with Crippen LogP contribution >= 0.6 is 11.6 Å². The summed E-state index contributed by atoms with van der Waals surface area (Å²) in [5.74, 6) is -0.116. The van der Waals surface area contributed by atoms with E-state index < -0.39 is 0 Å². The molecule has 0 atom stereocenters. The molecule has 1 fully saturated rings. The summed E-state index contributed by atoms with van der Waals surface area (Å²) in [6.07, 6.45) is 3.88. The van der Waals surface area contributed by atoms with Crippen LogP contribution in [-0.4, -0.2) is 29.0 Å². The lowest BCUT2D eigenvalue weighted by molar-refractivity contribution is 0.209. The summed E-state index contributed by atoms with van der Waals surface area (Å²) < 4.78 is 13.8. The Morgan fingerprint density at radius 3 is 2.73 bits per heavy atom. The van der Waals surface area contributed by atoms with Crippen molar-refractivity contribution in [2.75, 3.05) is 18.4 Å². The van der Waals surface area contributed by atoms with E-state index in [-0.39, 0.29) is 5.82 Å². The SMILES string of the molecule is Fc1ccccc1CN1CCC(Nc2ccnc3cc(Cl)ccc23)CC1. The molecule has 2 aromatic carbocycles. The van der Waals surface area contributed by atoms with Gasteiger partial charge in [0.2, 0.25) is 0 Å². The lowest BCUT2D eigenvalue weighted by Crippen LogP contribution is -2.38. The number of hydrogen-bond acceptors (Lipinski definition) is 3. The molecule has 1 saturated heterocycles. The van der Waals surface area contributed by atoms with Gasteiger partial charge >= 0.3 is 0 Å². The summed E-state index contributed by atoms with van der Waals surface area (Å²) in [6.45, 7) is 2.60. The molecule has 1 aromatic heterocycles. The molecule has 3 nitrogen and oxygen atoms in total. The zero-order valence-electron chi connectivity index (χ0n) is 14.5. The highest BCUT2D eigenvalue weighted by atomic mass is 35.5. The average molecular weight is 370 g/mol. The molecule has 0 spiro atoms. The van der Waals surface area contributed by atoms with E-state index >= 15 is 0 Å². The molecule has 0 bridgehead atoms. The fourth-order valence-corrected chi connectivity index (χ4v) is 3.74. The number of aromatic nitrogens is 1. The third kappa shape index (κ3) is 3.81. The molecule has 1 aliphatic rings. The van der Waals surface area contributed by atoms with Gasteiger partial charge in [-0.15, -0.1) is 0 Å². The molecule has 26 heavy (non-hydrogen) atoms. The van der Waals surface area contributed by atoms with Crippen molar-refractivity contribution in [3.63, 3.8) is 0 Å². The predicted octanol–water partition coefficient (Wildman–Crippen LogP) is 5.10. The van der Waals surface area contributed by atoms with Crippen molar-refractivity contribution < 1.29 is 4.39 Å². The summed E-state index contributed by atoms with van der Waals surface area (Å²) >= 11 is 6.06. The minimum absolute atomic E-state index is 0.116. The molecule has 0 aliphatic carbocycles. The van der Waals surface area contributed by atoms with Crippen molar-refractivity contribution >= 4 is 28.2 Å². The third-order valence-electron chi connectivity index (χ3n) is 5.00. The first-order valence-electron chi connectivity index (χ1n) is 8.95. The minimum Gasteiger partial charge on any atom is -0.382 e. The molecule has 4 rings (SSSR count). The molecule has 134 valence electrons. The number of rotatable bonds is 4. The average Bonchev–Trinajstić information content (AvgIpc) is 2.65. The Balaban J connectivity index is 1.39. The summed E-state index contributed by atoms with van der Waals surface area (Å²) in [4.78, 5) is 6.72. The Bertz CT molecular complexity index is 907. The molecule has 0 amide bonds. The maximum Gasteiger partial charge on any atom is 0.127 e. The number of pyridine rings is 1. The first kappa shape index (κ1) is 17.3. The summed E-state index contributed by atoms with van der Waals surface area (Å²) in [5, 5.41) is 5.44. The van der Waals surface area contributed by atoms with Crippen molar-refractivity contribution in [1.82, 2.24) is 9.88 Å². The Kier molecular flexibility index (Phi) is 5.05. The molecule has 0 unspecified atom stereocenters. The van der Waals surface area contributed by atoms with Crippen LogP contribution in [0.1, 0.15) is 18.4 Å². The molecule has 5 heteroatoms. The van der Waals surface area contributed by atoms with Crippen LogP contribution < -0.4 is 5.32 Å². The van der Waals surface area contributed by atoms with Gasteiger partial charge in [0, 0.05) is 53.5 Å². The number of piperidine rings is 1. The van der Waals surface area contributed by atoms with Gasteiger partial charge in [-0.25, -0.2) is 4.39 Å². The van der Waals surface area contributed by atoms with Gasteiger partial charge in [0.05, 0.1) is 5.52 Å². The number of halogens is 2. The first-order valence-corrected chi connectivity index (χ1v) is 9.33. The Hall–Kier alpha value is -2.17. The topological polar surface area (TPSA) is 28.2 Å². The van der Waals surface area contributed by atoms with E-state index in [0.717, 1.165) is 48.1 Å². The number of anilines is 1. The first-order chi connectivity index (χ1) is 12.7. The van der Waals surface area contributed by atoms with Gasteiger partial charge in [-0.2, -0.15) is 0 Å². The van der Waals surface area contributed by atoms with Gasteiger partial charge < -0.3 is 5.32 Å². The summed E-state index contributed by atoms with van der Waals surface area (Å²) in [6, 6.07) is 15.3. The van der Waals surface area contributed by atoms with E-state index in [1.807, 2.05) is 42.6 Å². The molecular weight excluding hydrogens is 349 g/mol. The van der Waals surface area contributed by atoms with Gasteiger partial charge in [-0.1, -0.05) is 29.8 Å². The minimum atomic E-state index is -0.116. The molecule has 0 radical (unpaired) electrons. The van der Waals surface area contributed by atoms with Crippen molar-refractivity contribution in [2.24, 2.45) is 0 Å². The number of nitrogens with one attached hydrogen (secondary N) is 1. The van der Waals surface area contributed by atoms with Gasteiger partial charge in [-0.3, -0.25) is 9.88 Å². The third-order valence-corrected chi connectivity index (χ3v) is 5.24. The van der Waals surface area contributed by atoms with Crippen molar-refractivity contribution in [3.8, 4) is 0 Å². The highest BCUT2D eigenvalue weighted by Crippen LogP contribution is 2.26.